The Morgan fingerprint density at radius 3 is 2.65 bits per heavy atom. The van der Waals surface area contributed by atoms with Gasteiger partial charge < -0.3 is 5.32 Å². The lowest BCUT2D eigenvalue weighted by molar-refractivity contribution is 0.639. The van der Waals surface area contributed by atoms with E-state index in [0.29, 0.717) is 0 Å². The maximum Gasteiger partial charge on any atom is 0.0628 e. The van der Waals surface area contributed by atoms with Crippen LogP contribution in [0.3, 0.4) is 0 Å². The van der Waals surface area contributed by atoms with Gasteiger partial charge in [0.1, 0.15) is 0 Å². The van der Waals surface area contributed by atoms with E-state index in [0.717, 1.165) is 25.3 Å². The number of rotatable bonds is 7. The van der Waals surface area contributed by atoms with E-state index >= 15 is 0 Å². The molecule has 0 aliphatic rings. The summed E-state index contributed by atoms with van der Waals surface area (Å²) in [6.45, 7) is 6.26. The molecule has 1 aromatic carbocycles. The number of hydrogen-bond acceptors (Lipinski definition) is 3. The molecule has 0 aliphatic heterocycles. The van der Waals surface area contributed by atoms with Crippen LogP contribution in [-0.2, 0) is 13.0 Å². The Morgan fingerprint density at radius 2 is 1.95 bits per heavy atom. The standard InChI is InChI=1S/C16H23N3S/c1-13-16(9-10-17-3)14(2)19(18-13)11-12-20-15-7-5-4-6-8-15/h4-8,17H,9-12H2,1-3H3. The van der Waals surface area contributed by atoms with Crippen molar-refractivity contribution in [3.8, 4) is 0 Å². The van der Waals surface area contributed by atoms with E-state index in [1.807, 2.05) is 18.8 Å². The van der Waals surface area contributed by atoms with Crippen molar-refractivity contribution in [1.29, 1.82) is 0 Å². The van der Waals surface area contributed by atoms with Crippen molar-refractivity contribution >= 4 is 11.8 Å². The Kier molecular flexibility index (Phi) is 5.68. The molecule has 1 N–H and O–H groups in total. The molecule has 1 heterocycles. The summed E-state index contributed by atoms with van der Waals surface area (Å²) in [6.07, 6.45) is 1.06. The van der Waals surface area contributed by atoms with Gasteiger partial charge in [-0.25, -0.2) is 0 Å². The van der Waals surface area contributed by atoms with Crippen LogP contribution in [-0.4, -0.2) is 29.1 Å². The molecule has 0 saturated heterocycles. The molecule has 20 heavy (non-hydrogen) atoms. The molecule has 0 atom stereocenters. The zero-order chi connectivity index (χ0) is 14.4. The molecule has 0 aliphatic carbocycles. The minimum atomic E-state index is 0.964. The summed E-state index contributed by atoms with van der Waals surface area (Å²) < 4.78 is 2.15. The average molecular weight is 289 g/mol. The number of likely N-dealkylation sites (N-methyl/N-ethyl adjacent to an activating group) is 1. The van der Waals surface area contributed by atoms with Crippen molar-refractivity contribution in [3.05, 3.63) is 47.3 Å². The van der Waals surface area contributed by atoms with E-state index in [2.05, 4.69) is 59.3 Å². The van der Waals surface area contributed by atoms with Crippen molar-refractivity contribution in [1.82, 2.24) is 15.1 Å². The lowest BCUT2D eigenvalue weighted by Crippen LogP contribution is -2.11. The quantitative estimate of drug-likeness (QED) is 0.795. The number of aryl methyl sites for hydroxylation is 2. The monoisotopic (exact) mass is 289 g/mol. The van der Waals surface area contributed by atoms with Gasteiger partial charge in [-0.3, -0.25) is 4.68 Å². The van der Waals surface area contributed by atoms with Crippen molar-refractivity contribution in [2.45, 2.75) is 31.7 Å². The van der Waals surface area contributed by atoms with Gasteiger partial charge in [0.2, 0.25) is 0 Å². The van der Waals surface area contributed by atoms with Gasteiger partial charge in [0.25, 0.3) is 0 Å². The first-order valence-corrected chi connectivity index (χ1v) is 8.06. The molecule has 0 radical (unpaired) electrons. The van der Waals surface area contributed by atoms with Crippen LogP contribution in [0.5, 0.6) is 0 Å². The predicted octanol–water partition coefficient (Wildman–Crippen LogP) is 3.05. The van der Waals surface area contributed by atoms with Crippen LogP contribution in [0, 0.1) is 13.8 Å². The Morgan fingerprint density at radius 1 is 1.20 bits per heavy atom. The first-order valence-electron chi connectivity index (χ1n) is 7.07. The van der Waals surface area contributed by atoms with Crippen LogP contribution < -0.4 is 5.32 Å². The molecule has 0 unspecified atom stereocenters. The minimum absolute atomic E-state index is 0.964. The van der Waals surface area contributed by atoms with E-state index in [1.54, 1.807) is 0 Å². The number of hydrogen-bond donors (Lipinski definition) is 1. The summed E-state index contributed by atoms with van der Waals surface area (Å²) in [7, 11) is 1.99. The highest BCUT2D eigenvalue weighted by Gasteiger charge is 2.10. The molecular formula is C16H23N3S. The zero-order valence-corrected chi connectivity index (χ0v) is 13.3. The summed E-state index contributed by atoms with van der Waals surface area (Å²) in [4.78, 5) is 1.32. The van der Waals surface area contributed by atoms with E-state index in [9.17, 15) is 0 Å². The first-order chi connectivity index (χ1) is 9.72. The molecule has 2 aromatic rings. The lowest BCUT2D eigenvalue weighted by Gasteiger charge is -2.06. The highest BCUT2D eigenvalue weighted by Crippen LogP contribution is 2.19. The van der Waals surface area contributed by atoms with Crippen LogP contribution in [0.1, 0.15) is 17.0 Å². The summed E-state index contributed by atoms with van der Waals surface area (Å²) in [5.74, 6) is 1.05. The Labute approximate surface area is 125 Å². The largest absolute Gasteiger partial charge is 0.319 e. The maximum atomic E-state index is 4.67. The van der Waals surface area contributed by atoms with Crippen molar-refractivity contribution < 1.29 is 0 Å². The smallest absolute Gasteiger partial charge is 0.0628 e. The third-order valence-corrected chi connectivity index (χ3v) is 4.46. The van der Waals surface area contributed by atoms with Gasteiger partial charge in [-0.05, 0) is 51.6 Å². The van der Waals surface area contributed by atoms with Crippen LogP contribution in [0.25, 0.3) is 0 Å². The minimum Gasteiger partial charge on any atom is -0.319 e. The van der Waals surface area contributed by atoms with E-state index in [4.69, 9.17) is 0 Å². The molecule has 0 bridgehead atoms. The van der Waals surface area contributed by atoms with Crippen molar-refractivity contribution in [2.75, 3.05) is 19.3 Å². The normalized spacial score (nSPS) is 10.9. The van der Waals surface area contributed by atoms with Crippen LogP contribution in [0.15, 0.2) is 35.2 Å². The van der Waals surface area contributed by atoms with Crippen molar-refractivity contribution in [3.63, 3.8) is 0 Å². The number of aromatic nitrogens is 2. The first kappa shape index (κ1) is 15.1. The number of nitrogens with one attached hydrogen (secondary N) is 1. The third kappa shape index (κ3) is 3.87. The molecular weight excluding hydrogens is 266 g/mol. The van der Waals surface area contributed by atoms with Crippen LogP contribution in [0.4, 0.5) is 0 Å². The molecule has 3 nitrogen and oxygen atoms in total. The fraction of sp³-hybridized carbons (Fsp3) is 0.438. The summed E-state index contributed by atoms with van der Waals surface area (Å²) in [5, 5.41) is 7.87. The van der Waals surface area contributed by atoms with Gasteiger partial charge in [0.15, 0.2) is 0 Å². The maximum absolute atomic E-state index is 4.67. The Bertz CT molecular complexity index is 534. The molecule has 0 spiro atoms. The fourth-order valence-corrected chi connectivity index (χ4v) is 3.18. The fourth-order valence-electron chi connectivity index (χ4n) is 2.33. The second-order valence-electron chi connectivity index (χ2n) is 4.89. The predicted molar refractivity (Wildman–Crippen MR) is 86.5 cm³/mol. The highest BCUT2D eigenvalue weighted by molar-refractivity contribution is 7.99. The molecule has 1 aromatic heterocycles. The number of thioether (sulfide) groups is 1. The molecule has 4 heteroatoms. The van der Waals surface area contributed by atoms with Gasteiger partial charge in [0.05, 0.1) is 12.2 Å². The van der Waals surface area contributed by atoms with Gasteiger partial charge in [-0.1, -0.05) is 18.2 Å². The van der Waals surface area contributed by atoms with Gasteiger partial charge in [-0.2, -0.15) is 5.10 Å². The van der Waals surface area contributed by atoms with Gasteiger partial charge in [0, 0.05) is 16.3 Å². The lowest BCUT2D eigenvalue weighted by atomic mass is 10.1. The molecule has 2 rings (SSSR count). The molecule has 108 valence electrons. The van der Waals surface area contributed by atoms with Crippen LogP contribution >= 0.6 is 11.8 Å². The van der Waals surface area contributed by atoms with E-state index < -0.39 is 0 Å². The zero-order valence-electron chi connectivity index (χ0n) is 12.5. The average Bonchev–Trinajstić information content (AvgIpc) is 2.73. The molecule has 0 fully saturated rings. The second-order valence-corrected chi connectivity index (χ2v) is 6.06. The molecule has 0 saturated carbocycles. The summed E-state index contributed by atoms with van der Waals surface area (Å²) >= 11 is 1.88. The highest BCUT2D eigenvalue weighted by atomic mass is 32.2. The SMILES string of the molecule is CNCCc1c(C)nn(CCSc2ccccc2)c1C. The topological polar surface area (TPSA) is 29.9 Å². The molecule has 0 amide bonds. The summed E-state index contributed by atoms with van der Waals surface area (Å²) in [6, 6.07) is 10.5. The van der Waals surface area contributed by atoms with Crippen LogP contribution in [0.2, 0.25) is 0 Å². The second kappa shape index (κ2) is 7.50. The third-order valence-electron chi connectivity index (χ3n) is 3.47. The Balaban J connectivity index is 1.93. The number of nitrogens with zero attached hydrogens (tertiary/aromatic N) is 2. The summed E-state index contributed by atoms with van der Waals surface area (Å²) in [5.41, 5.74) is 3.87. The Hall–Kier alpha value is -1.26. The number of benzene rings is 1. The van der Waals surface area contributed by atoms with E-state index in [1.165, 1.54) is 21.8 Å². The van der Waals surface area contributed by atoms with Gasteiger partial charge >= 0.3 is 0 Å². The van der Waals surface area contributed by atoms with Gasteiger partial charge in [-0.15, -0.1) is 11.8 Å². The van der Waals surface area contributed by atoms with E-state index in [-0.39, 0.29) is 0 Å². The van der Waals surface area contributed by atoms with Crippen molar-refractivity contribution in [2.24, 2.45) is 0 Å².